The van der Waals surface area contributed by atoms with Gasteiger partial charge in [0.1, 0.15) is 18.1 Å². The fourth-order valence-corrected chi connectivity index (χ4v) is 3.19. The zero-order valence-corrected chi connectivity index (χ0v) is 12.9. The van der Waals surface area contributed by atoms with Crippen molar-refractivity contribution in [2.75, 3.05) is 20.3 Å². The van der Waals surface area contributed by atoms with Crippen molar-refractivity contribution in [3.05, 3.63) is 40.9 Å². The lowest BCUT2D eigenvalue weighted by Gasteiger charge is -2.11. The Kier molecular flexibility index (Phi) is 4.34. The van der Waals surface area contributed by atoms with Crippen molar-refractivity contribution in [2.24, 2.45) is 0 Å². The molecular formula is C15H13ClN2O2S. The van der Waals surface area contributed by atoms with E-state index in [0.717, 1.165) is 27.1 Å². The summed E-state index contributed by atoms with van der Waals surface area (Å²) in [4.78, 5) is 0. The first-order valence-electron chi connectivity index (χ1n) is 6.42. The van der Waals surface area contributed by atoms with E-state index >= 15 is 0 Å². The number of benzene rings is 1. The Morgan fingerprint density at radius 3 is 2.86 bits per heavy atom. The lowest BCUT2D eigenvalue weighted by atomic mass is 10.1. The third-order valence-corrected chi connectivity index (χ3v) is 4.23. The van der Waals surface area contributed by atoms with E-state index in [9.17, 15) is 0 Å². The molecule has 21 heavy (non-hydrogen) atoms. The van der Waals surface area contributed by atoms with Gasteiger partial charge in [-0.15, -0.1) is 21.5 Å². The number of thiophene rings is 1. The molecule has 0 radical (unpaired) electrons. The van der Waals surface area contributed by atoms with Gasteiger partial charge in [-0.05, 0) is 23.6 Å². The minimum atomic E-state index is 0.424. The smallest absolute Gasteiger partial charge is 0.160 e. The van der Waals surface area contributed by atoms with E-state index in [1.54, 1.807) is 18.4 Å². The van der Waals surface area contributed by atoms with Crippen LogP contribution in [0.25, 0.3) is 21.3 Å². The summed E-state index contributed by atoms with van der Waals surface area (Å²) >= 11 is 7.68. The molecule has 0 amide bonds. The monoisotopic (exact) mass is 320 g/mol. The summed E-state index contributed by atoms with van der Waals surface area (Å²) in [5.41, 5.74) is 1.70. The number of ether oxygens (including phenoxy) is 2. The first kappa shape index (κ1) is 14.3. The van der Waals surface area contributed by atoms with Gasteiger partial charge >= 0.3 is 0 Å². The molecule has 6 heteroatoms. The van der Waals surface area contributed by atoms with Crippen LogP contribution in [-0.4, -0.2) is 30.5 Å². The van der Waals surface area contributed by atoms with Crippen molar-refractivity contribution < 1.29 is 9.47 Å². The zero-order chi connectivity index (χ0) is 14.7. The van der Waals surface area contributed by atoms with Gasteiger partial charge in [0.05, 0.1) is 11.3 Å². The number of methoxy groups -OCH3 is 1. The zero-order valence-electron chi connectivity index (χ0n) is 11.4. The highest BCUT2D eigenvalue weighted by atomic mass is 35.5. The summed E-state index contributed by atoms with van der Waals surface area (Å²) in [6.07, 6.45) is 0. The highest BCUT2D eigenvalue weighted by molar-refractivity contribution is 7.17. The molecule has 0 aliphatic carbocycles. The number of halogens is 1. The molecule has 0 aliphatic rings. The van der Waals surface area contributed by atoms with Gasteiger partial charge in [-0.25, -0.2) is 0 Å². The van der Waals surface area contributed by atoms with Crippen molar-refractivity contribution in [3.63, 3.8) is 0 Å². The number of hydrogen-bond donors (Lipinski definition) is 0. The molecule has 108 valence electrons. The van der Waals surface area contributed by atoms with Crippen LogP contribution in [0.3, 0.4) is 0 Å². The SMILES string of the molecule is COCCOc1ccccc1-c1nnc(Cl)c2ccsc12. The van der Waals surface area contributed by atoms with E-state index in [1.165, 1.54) is 0 Å². The number of hydrogen-bond acceptors (Lipinski definition) is 5. The van der Waals surface area contributed by atoms with Crippen LogP contribution in [-0.2, 0) is 4.74 Å². The van der Waals surface area contributed by atoms with Crippen molar-refractivity contribution in [3.8, 4) is 17.0 Å². The quantitative estimate of drug-likeness (QED) is 0.666. The summed E-state index contributed by atoms with van der Waals surface area (Å²) < 4.78 is 11.8. The maximum absolute atomic E-state index is 6.09. The minimum Gasteiger partial charge on any atom is -0.490 e. The molecule has 3 aromatic rings. The Bertz CT molecular complexity index is 760. The van der Waals surface area contributed by atoms with E-state index in [1.807, 2.05) is 35.7 Å². The van der Waals surface area contributed by atoms with Crippen molar-refractivity contribution in [2.45, 2.75) is 0 Å². The van der Waals surface area contributed by atoms with Gasteiger partial charge in [-0.1, -0.05) is 23.7 Å². The van der Waals surface area contributed by atoms with Crippen LogP contribution in [0, 0.1) is 0 Å². The molecule has 2 heterocycles. The Labute approximate surface area is 131 Å². The summed E-state index contributed by atoms with van der Waals surface area (Å²) in [7, 11) is 1.65. The summed E-state index contributed by atoms with van der Waals surface area (Å²) in [6.45, 7) is 1.02. The number of rotatable bonds is 5. The molecule has 0 saturated heterocycles. The number of para-hydroxylation sites is 1. The van der Waals surface area contributed by atoms with Crippen molar-refractivity contribution in [1.29, 1.82) is 0 Å². The van der Waals surface area contributed by atoms with Gasteiger partial charge in [0.2, 0.25) is 0 Å². The van der Waals surface area contributed by atoms with Gasteiger partial charge in [0.15, 0.2) is 5.15 Å². The molecule has 3 rings (SSSR count). The van der Waals surface area contributed by atoms with Crippen LogP contribution >= 0.6 is 22.9 Å². The summed E-state index contributed by atoms with van der Waals surface area (Å²) in [6, 6.07) is 9.73. The van der Waals surface area contributed by atoms with Crippen LogP contribution in [0.1, 0.15) is 0 Å². The van der Waals surface area contributed by atoms with Gasteiger partial charge in [-0.3, -0.25) is 0 Å². The molecule has 2 aromatic heterocycles. The molecule has 0 bridgehead atoms. The first-order valence-corrected chi connectivity index (χ1v) is 7.67. The van der Waals surface area contributed by atoms with Crippen LogP contribution in [0.2, 0.25) is 5.15 Å². The number of fused-ring (bicyclic) bond motifs is 1. The average Bonchev–Trinajstić information content (AvgIpc) is 2.99. The topological polar surface area (TPSA) is 44.2 Å². The molecule has 0 saturated carbocycles. The third-order valence-electron chi connectivity index (χ3n) is 3.03. The Hall–Kier alpha value is -1.69. The van der Waals surface area contributed by atoms with Gasteiger partial charge < -0.3 is 9.47 Å². The van der Waals surface area contributed by atoms with Crippen molar-refractivity contribution in [1.82, 2.24) is 10.2 Å². The third kappa shape index (κ3) is 2.85. The molecular weight excluding hydrogens is 308 g/mol. The van der Waals surface area contributed by atoms with Crippen LogP contribution in [0.5, 0.6) is 5.75 Å². The standard InChI is InChI=1S/C15H13ClN2O2S/c1-19-7-8-20-12-5-3-2-4-10(12)13-14-11(6-9-21-14)15(16)18-17-13/h2-6,9H,7-8H2,1H3. The van der Waals surface area contributed by atoms with Gasteiger partial charge in [0.25, 0.3) is 0 Å². The molecule has 0 unspecified atom stereocenters. The van der Waals surface area contributed by atoms with Crippen LogP contribution in [0.4, 0.5) is 0 Å². The maximum Gasteiger partial charge on any atom is 0.160 e. The Balaban J connectivity index is 2.06. The normalized spacial score (nSPS) is 11.0. The van der Waals surface area contributed by atoms with E-state index in [4.69, 9.17) is 21.1 Å². The molecule has 0 N–H and O–H groups in total. The second kappa shape index (κ2) is 6.39. The number of nitrogens with zero attached hydrogens (tertiary/aromatic N) is 2. The Morgan fingerprint density at radius 1 is 1.14 bits per heavy atom. The van der Waals surface area contributed by atoms with Crippen molar-refractivity contribution >= 4 is 33.0 Å². The fraction of sp³-hybridized carbons (Fsp3) is 0.200. The van der Waals surface area contributed by atoms with E-state index < -0.39 is 0 Å². The second-order valence-electron chi connectivity index (χ2n) is 4.34. The molecule has 0 spiro atoms. The maximum atomic E-state index is 6.09. The molecule has 0 atom stereocenters. The predicted molar refractivity (Wildman–Crippen MR) is 85.2 cm³/mol. The fourth-order valence-electron chi connectivity index (χ4n) is 2.05. The van der Waals surface area contributed by atoms with E-state index in [2.05, 4.69) is 10.2 Å². The van der Waals surface area contributed by atoms with Crippen LogP contribution < -0.4 is 4.74 Å². The lowest BCUT2D eigenvalue weighted by molar-refractivity contribution is 0.146. The van der Waals surface area contributed by atoms with Gasteiger partial charge in [-0.2, -0.15) is 0 Å². The van der Waals surface area contributed by atoms with Crippen LogP contribution in [0.15, 0.2) is 35.7 Å². The highest BCUT2D eigenvalue weighted by Crippen LogP contribution is 2.37. The second-order valence-corrected chi connectivity index (χ2v) is 5.61. The first-order chi connectivity index (χ1) is 10.3. The summed E-state index contributed by atoms with van der Waals surface area (Å²) in [5.74, 6) is 0.765. The molecule has 0 fully saturated rings. The highest BCUT2D eigenvalue weighted by Gasteiger charge is 2.14. The Morgan fingerprint density at radius 2 is 2.00 bits per heavy atom. The minimum absolute atomic E-state index is 0.424. The molecule has 1 aromatic carbocycles. The lowest BCUT2D eigenvalue weighted by Crippen LogP contribution is -2.05. The molecule has 0 aliphatic heterocycles. The largest absolute Gasteiger partial charge is 0.490 e. The number of aromatic nitrogens is 2. The summed E-state index contributed by atoms with van der Waals surface area (Å²) in [5, 5.41) is 11.6. The molecule has 4 nitrogen and oxygen atoms in total. The predicted octanol–water partition coefficient (Wildman–Crippen LogP) is 4.04. The average molecular weight is 321 g/mol. The van der Waals surface area contributed by atoms with E-state index in [0.29, 0.717) is 18.4 Å². The van der Waals surface area contributed by atoms with Gasteiger partial charge in [0, 0.05) is 18.1 Å². The van der Waals surface area contributed by atoms with E-state index in [-0.39, 0.29) is 0 Å².